The lowest BCUT2D eigenvalue weighted by Crippen LogP contribution is -1.79. The van der Waals surface area contributed by atoms with E-state index in [9.17, 15) is 0 Å². The molecule has 82 valence electrons. The molecule has 0 unspecified atom stereocenters. The zero-order chi connectivity index (χ0) is 12.0. The molecule has 0 N–H and O–H groups in total. The average Bonchev–Trinajstić information content (AvgIpc) is 2.25. The van der Waals surface area contributed by atoms with Crippen LogP contribution in [0.2, 0.25) is 15.1 Å². The summed E-state index contributed by atoms with van der Waals surface area (Å²) in [6.07, 6.45) is 0.488. The van der Waals surface area contributed by atoms with Gasteiger partial charge >= 0.3 is 0 Å². The van der Waals surface area contributed by atoms with Crippen LogP contribution in [0.15, 0.2) is 17.2 Å². The van der Waals surface area contributed by atoms with Crippen LogP contribution < -0.4 is 0 Å². The van der Waals surface area contributed by atoms with E-state index in [2.05, 4.69) is 21.9 Å². The highest BCUT2D eigenvalue weighted by Gasteiger charge is 2.03. The molecule has 0 atom stereocenters. The normalized spacial score (nSPS) is 8.94. The predicted octanol–water partition coefficient (Wildman–Crippen LogP) is 4.70. The number of azide groups is 1. The molecule has 16 heavy (non-hydrogen) atoms. The maximum Gasteiger partial charge on any atom is 0.0779 e. The maximum absolute atomic E-state index is 8.05. The van der Waals surface area contributed by atoms with Crippen molar-refractivity contribution in [3.05, 3.63) is 43.2 Å². The molecule has 0 fully saturated rings. The quantitative estimate of drug-likeness (QED) is 0.187. The minimum Gasteiger partial charge on any atom is -0.0978 e. The average molecular weight is 275 g/mol. The van der Waals surface area contributed by atoms with Gasteiger partial charge in [-0.2, -0.15) is 0 Å². The van der Waals surface area contributed by atoms with E-state index in [1.807, 2.05) is 0 Å². The zero-order valence-corrected chi connectivity index (χ0v) is 10.3. The predicted molar refractivity (Wildman–Crippen MR) is 67.0 cm³/mol. The van der Waals surface area contributed by atoms with Crippen molar-refractivity contribution in [2.24, 2.45) is 5.11 Å². The Kier molecular flexibility index (Phi) is 5.31. The van der Waals surface area contributed by atoms with Crippen molar-refractivity contribution in [1.82, 2.24) is 0 Å². The summed E-state index contributed by atoms with van der Waals surface area (Å²) in [4.78, 5) is 2.62. The number of halogens is 3. The summed E-state index contributed by atoms with van der Waals surface area (Å²) in [5, 5.41) is 4.42. The van der Waals surface area contributed by atoms with Gasteiger partial charge in [0.15, 0.2) is 0 Å². The van der Waals surface area contributed by atoms with Crippen LogP contribution in [-0.4, -0.2) is 6.54 Å². The molecule has 0 spiro atoms. The summed E-state index contributed by atoms with van der Waals surface area (Å²) in [5.41, 5.74) is 8.73. The third-order valence-corrected chi connectivity index (χ3v) is 2.81. The smallest absolute Gasteiger partial charge is 0.0779 e. The Bertz CT molecular complexity index is 473. The SMILES string of the molecule is [N-]=[N+]=NCCC#Cc1cc(Cl)c(Cl)c(Cl)c1. The van der Waals surface area contributed by atoms with Gasteiger partial charge in [-0.15, -0.1) is 0 Å². The van der Waals surface area contributed by atoms with Crippen LogP contribution in [0, 0.1) is 11.8 Å². The molecule has 0 aromatic heterocycles. The first-order valence-corrected chi connectivity index (χ1v) is 5.43. The minimum absolute atomic E-state index is 0.322. The van der Waals surface area contributed by atoms with Crippen LogP contribution in [-0.2, 0) is 0 Å². The number of hydrogen-bond donors (Lipinski definition) is 0. The third kappa shape index (κ3) is 3.84. The molecule has 0 heterocycles. The van der Waals surface area contributed by atoms with E-state index in [4.69, 9.17) is 40.3 Å². The highest BCUT2D eigenvalue weighted by atomic mass is 35.5. The lowest BCUT2D eigenvalue weighted by atomic mass is 10.2. The molecule has 0 saturated heterocycles. The monoisotopic (exact) mass is 273 g/mol. The van der Waals surface area contributed by atoms with Crippen LogP contribution in [0.4, 0.5) is 0 Å². The molecule has 0 aliphatic rings. The zero-order valence-electron chi connectivity index (χ0n) is 8.04. The molecule has 0 aliphatic carbocycles. The van der Waals surface area contributed by atoms with E-state index < -0.39 is 0 Å². The van der Waals surface area contributed by atoms with Gasteiger partial charge in [-0.1, -0.05) is 51.8 Å². The molecule has 1 aromatic carbocycles. The largest absolute Gasteiger partial charge is 0.0978 e. The first-order chi connectivity index (χ1) is 7.65. The van der Waals surface area contributed by atoms with Crippen LogP contribution >= 0.6 is 34.8 Å². The van der Waals surface area contributed by atoms with Gasteiger partial charge in [0, 0.05) is 23.4 Å². The lowest BCUT2D eigenvalue weighted by molar-refractivity contribution is 1.01. The Morgan fingerprint density at radius 3 is 2.44 bits per heavy atom. The van der Waals surface area contributed by atoms with Crippen molar-refractivity contribution in [1.29, 1.82) is 0 Å². The Labute approximate surface area is 108 Å². The van der Waals surface area contributed by atoms with Crippen molar-refractivity contribution in [2.75, 3.05) is 6.54 Å². The number of rotatable bonds is 2. The molecule has 0 bridgehead atoms. The minimum atomic E-state index is 0.322. The van der Waals surface area contributed by atoms with Crippen molar-refractivity contribution in [2.45, 2.75) is 6.42 Å². The summed E-state index contributed by atoms with van der Waals surface area (Å²) in [6, 6.07) is 3.27. The molecule has 3 nitrogen and oxygen atoms in total. The van der Waals surface area contributed by atoms with E-state index in [0.29, 0.717) is 33.6 Å². The Morgan fingerprint density at radius 2 is 1.88 bits per heavy atom. The highest BCUT2D eigenvalue weighted by Crippen LogP contribution is 2.30. The standard InChI is InChI=1S/C10H6Cl3N3/c11-8-5-7(6-9(12)10(8)13)3-1-2-4-15-16-14/h5-6H,2,4H2. The molecular formula is C10H6Cl3N3. The summed E-state index contributed by atoms with van der Waals surface area (Å²) in [7, 11) is 0. The van der Waals surface area contributed by atoms with Crippen LogP contribution in [0.3, 0.4) is 0 Å². The first kappa shape index (κ1) is 13.0. The summed E-state index contributed by atoms with van der Waals surface area (Å²) >= 11 is 17.4. The number of nitrogens with zero attached hydrogens (tertiary/aromatic N) is 3. The summed E-state index contributed by atoms with van der Waals surface area (Å²) < 4.78 is 0. The maximum atomic E-state index is 8.05. The fourth-order valence-corrected chi connectivity index (χ4v) is 1.54. The van der Waals surface area contributed by atoms with Gasteiger partial charge in [-0.05, 0) is 17.7 Å². The van der Waals surface area contributed by atoms with Gasteiger partial charge in [0.25, 0.3) is 0 Å². The van der Waals surface area contributed by atoms with E-state index in [0.717, 1.165) is 0 Å². The fraction of sp³-hybridized carbons (Fsp3) is 0.200. The van der Waals surface area contributed by atoms with Gasteiger partial charge in [0.05, 0.1) is 15.1 Å². The Hall–Kier alpha value is -1.04. The van der Waals surface area contributed by atoms with Gasteiger partial charge in [0.2, 0.25) is 0 Å². The molecule has 1 aromatic rings. The van der Waals surface area contributed by atoms with Gasteiger partial charge < -0.3 is 0 Å². The lowest BCUT2D eigenvalue weighted by Gasteiger charge is -1.99. The third-order valence-electron chi connectivity index (χ3n) is 1.62. The van der Waals surface area contributed by atoms with E-state index in [1.54, 1.807) is 12.1 Å². The summed E-state index contributed by atoms with van der Waals surface area (Å²) in [5.74, 6) is 5.69. The second-order valence-corrected chi connectivity index (χ2v) is 3.95. The summed E-state index contributed by atoms with van der Waals surface area (Å²) in [6.45, 7) is 0.346. The number of hydrogen-bond acceptors (Lipinski definition) is 1. The second kappa shape index (κ2) is 6.52. The topological polar surface area (TPSA) is 48.8 Å². The highest BCUT2D eigenvalue weighted by molar-refractivity contribution is 6.48. The van der Waals surface area contributed by atoms with Crippen LogP contribution in [0.25, 0.3) is 10.4 Å². The Balaban J connectivity index is 2.78. The van der Waals surface area contributed by atoms with Gasteiger partial charge in [-0.25, -0.2) is 0 Å². The van der Waals surface area contributed by atoms with Crippen molar-refractivity contribution < 1.29 is 0 Å². The fourth-order valence-electron chi connectivity index (χ4n) is 0.943. The van der Waals surface area contributed by atoms with Crippen LogP contribution in [0.1, 0.15) is 12.0 Å². The van der Waals surface area contributed by atoms with Gasteiger partial charge in [0.1, 0.15) is 0 Å². The molecule has 6 heteroatoms. The second-order valence-electron chi connectivity index (χ2n) is 2.76. The molecule has 0 aliphatic heterocycles. The van der Waals surface area contributed by atoms with Crippen LogP contribution in [0.5, 0.6) is 0 Å². The molecular weight excluding hydrogens is 268 g/mol. The molecule has 0 saturated carbocycles. The van der Waals surface area contributed by atoms with E-state index >= 15 is 0 Å². The number of benzene rings is 1. The van der Waals surface area contributed by atoms with Crippen molar-refractivity contribution >= 4 is 34.8 Å². The first-order valence-electron chi connectivity index (χ1n) is 4.29. The molecule has 1 rings (SSSR count). The van der Waals surface area contributed by atoms with E-state index in [-0.39, 0.29) is 0 Å². The van der Waals surface area contributed by atoms with Crippen molar-refractivity contribution in [3.8, 4) is 11.8 Å². The molecule has 0 amide bonds. The molecule has 0 radical (unpaired) electrons. The van der Waals surface area contributed by atoms with Gasteiger partial charge in [-0.3, -0.25) is 0 Å². The Morgan fingerprint density at radius 1 is 1.25 bits per heavy atom. The van der Waals surface area contributed by atoms with Crippen molar-refractivity contribution in [3.63, 3.8) is 0 Å². The van der Waals surface area contributed by atoms with E-state index in [1.165, 1.54) is 0 Å².